The van der Waals surface area contributed by atoms with Crippen molar-refractivity contribution >= 4 is 11.9 Å². The van der Waals surface area contributed by atoms with Gasteiger partial charge in [-0.3, -0.25) is 9.59 Å². The van der Waals surface area contributed by atoms with Gasteiger partial charge >= 0.3 is 5.97 Å². The van der Waals surface area contributed by atoms with Gasteiger partial charge < -0.3 is 19.9 Å². The number of methoxy groups -OCH3 is 1. The third-order valence-corrected chi connectivity index (χ3v) is 3.10. The molecule has 1 aliphatic rings. The average Bonchev–Trinajstić information content (AvgIpc) is 2.39. The molecule has 1 saturated carbocycles. The zero-order chi connectivity index (χ0) is 13.4. The number of aliphatic hydroxyl groups excluding tert-OH is 1. The molecule has 1 rings (SSSR count). The Bertz CT molecular complexity index is 274. The highest BCUT2D eigenvalue weighted by Gasteiger charge is 2.27. The Hall–Kier alpha value is -1.14. The summed E-state index contributed by atoms with van der Waals surface area (Å²) in [5, 5.41) is 11.4. The highest BCUT2D eigenvalue weighted by molar-refractivity contribution is 5.77. The maximum absolute atomic E-state index is 11.4. The second-order valence-electron chi connectivity index (χ2n) is 4.42. The first-order valence-electron chi connectivity index (χ1n) is 6.23. The van der Waals surface area contributed by atoms with Crippen LogP contribution in [-0.4, -0.2) is 50.0 Å². The van der Waals surface area contributed by atoms with E-state index >= 15 is 0 Å². The number of carbonyl (C=O) groups excluding carboxylic acids is 2. The first-order chi connectivity index (χ1) is 8.67. The summed E-state index contributed by atoms with van der Waals surface area (Å²) in [5.41, 5.74) is 0. The van der Waals surface area contributed by atoms with Gasteiger partial charge in [-0.1, -0.05) is 0 Å². The van der Waals surface area contributed by atoms with Crippen LogP contribution in [-0.2, 0) is 19.1 Å². The summed E-state index contributed by atoms with van der Waals surface area (Å²) in [6, 6.07) is 0.108. The summed E-state index contributed by atoms with van der Waals surface area (Å²) in [6.45, 7) is 0.0531. The van der Waals surface area contributed by atoms with E-state index in [1.807, 2.05) is 0 Å². The molecule has 0 spiro atoms. The van der Waals surface area contributed by atoms with Crippen molar-refractivity contribution in [3.05, 3.63) is 0 Å². The minimum absolute atomic E-state index is 0.0303. The molecule has 0 unspecified atom stereocenters. The van der Waals surface area contributed by atoms with Gasteiger partial charge in [0.2, 0.25) is 5.91 Å². The van der Waals surface area contributed by atoms with Crippen molar-refractivity contribution in [3.8, 4) is 0 Å². The van der Waals surface area contributed by atoms with E-state index in [0.717, 1.165) is 25.7 Å². The lowest BCUT2D eigenvalue weighted by atomic mass is 9.86. The third-order valence-electron chi connectivity index (χ3n) is 3.10. The largest absolute Gasteiger partial charge is 0.469 e. The van der Waals surface area contributed by atoms with Crippen LogP contribution in [0.5, 0.6) is 0 Å². The van der Waals surface area contributed by atoms with E-state index in [0.29, 0.717) is 0 Å². The number of nitrogens with one attached hydrogen (secondary N) is 1. The van der Waals surface area contributed by atoms with E-state index in [-0.39, 0.29) is 43.7 Å². The number of aliphatic hydroxyl groups is 1. The van der Waals surface area contributed by atoms with Crippen LogP contribution in [0.25, 0.3) is 0 Å². The van der Waals surface area contributed by atoms with Crippen molar-refractivity contribution in [1.29, 1.82) is 0 Å². The van der Waals surface area contributed by atoms with E-state index in [1.54, 1.807) is 0 Å². The monoisotopic (exact) mass is 259 g/mol. The summed E-state index contributed by atoms with van der Waals surface area (Å²) < 4.78 is 9.63. The van der Waals surface area contributed by atoms with Crippen LogP contribution in [0.4, 0.5) is 0 Å². The highest BCUT2D eigenvalue weighted by atomic mass is 16.5. The zero-order valence-electron chi connectivity index (χ0n) is 10.7. The summed E-state index contributed by atoms with van der Waals surface area (Å²) in [5.74, 6) is -0.371. The van der Waals surface area contributed by atoms with Gasteiger partial charge in [0.15, 0.2) is 0 Å². The Morgan fingerprint density at radius 2 is 1.94 bits per heavy atom. The second-order valence-corrected chi connectivity index (χ2v) is 4.42. The van der Waals surface area contributed by atoms with Crippen molar-refractivity contribution in [2.24, 2.45) is 5.92 Å². The fourth-order valence-electron chi connectivity index (χ4n) is 2.14. The number of rotatable bonds is 6. The number of amides is 1. The molecule has 1 aliphatic carbocycles. The van der Waals surface area contributed by atoms with Crippen LogP contribution < -0.4 is 5.32 Å². The van der Waals surface area contributed by atoms with Gasteiger partial charge in [-0.2, -0.15) is 0 Å². The number of hydrogen-bond acceptors (Lipinski definition) is 5. The van der Waals surface area contributed by atoms with Gasteiger partial charge in [-0.15, -0.1) is 0 Å². The van der Waals surface area contributed by atoms with Crippen LogP contribution in [0, 0.1) is 5.92 Å². The summed E-state index contributed by atoms with van der Waals surface area (Å²) in [7, 11) is 1.40. The SMILES string of the molecule is COC(=O)C1CCC(NC(=O)COCCO)CC1. The molecule has 0 saturated heterocycles. The van der Waals surface area contributed by atoms with E-state index in [2.05, 4.69) is 5.32 Å². The third kappa shape index (κ3) is 5.01. The predicted octanol–water partition coefficient (Wildman–Crippen LogP) is -0.157. The van der Waals surface area contributed by atoms with Crippen molar-refractivity contribution in [2.45, 2.75) is 31.7 Å². The highest BCUT2D eigenvalue weighted by Crippen LogP contribution is 2.25. The van der Waals surface area contributed by atoms with Gasteiger partial charge in [0, 0.05) is 6.04 Å². The predicted molar refractivity (Wildman–Crippen MR) is 63.8 cm³/mol. The van der Waals surface area contributed by atoms with Crippen molar-refractivity contribution < 1.29 is 24.2 Å². The first kappa shape index (κ1) is 14.9. The van der Waals surface area contributed by atoms with Crippen molar-refractivity contribution in [2.75, 3.05) is 26.9 Å². The minimum Gasteiger partial charge on any atom is -0.469 e. The molecule has 0 aromatic rings. The number of esters is 1. The Labute approximate surface area is 107 Å². The normalized spacial score (nSPS) is 23.4. The molecule has 0 heterocycles. The molecular formula is C12H21NO5. The molecule has 0 aliphatic heterocycles. The van der Waals surface area contributed by atoms with Crippen LogP contribution in [0.1, 0.15) is 25.7 Å². The van der Waals surface area contributed by atoms with Crippen LogP contribution >= 0.6 is 0 Å². The van der Waals surface area contributed by atoms with Gasteiger partial charge in [0.05, 0.1) is 26.2 Å². The van der Waals surface area contributed by atoms with Crippen molar-refractivity contribution in [1.82, 2.24) is 5.32 Å². The molecule has 0 atom stereocenters. The molecule has 1 fully saturated rings. The molecule has 104 valence electrons. The fraction of sp³-hybridized carbons (Fsp3) is 0.833. The van der Waals surface area contributed by atoms with Gasteiger partial charge in [0.25, 0.3) is 0 Å². The topological polar surface area (TPSA) is 84.9 Å². The van der Waals surface area contributed by atoms with Crippen molar-refractivity contribution in [3.63, 3.8) is 0 Å². The molecular weight excluding hydrogens is 238 g/mol. The molecule has 1 amide bonds. The molecule has 6 heteroatoms. The maximum Gasteiger partial charge on any atom is 0.308 e. The Kier molecular flexibility index (Phi) is 6.67. The molecule has 0 aromatic carbocycles. The molecule has 0 aromatic heterocycles. The quantitative estimate of drug-likeness (QED) is 0.511. The van der Waals surface area contributed by atoms with E-state index < -0.39 is 0 Å². The number of hydrogen-bond donors (Lipinski definition) is 2. The lowest BCUT2D eigenvalue weighted by Crippen LogP contribution is -2.40. The zero-order valence-corrected chi connectivity index (χ0v) is 10.7. The van der Waals surface area contributed by atoms with Gasteiger partial charge in [-0.25, -0.2) is 0 Å². The number of ether oxygens (including phenoxy) is 2. The van der Waals surface area contributed by atoms with E-state index in [1.165, 1.54) is 7.11 Å². The molecule has 0 bridgehead atoms. The summed E-state index contributed by atoms with van der Waals surface area (Å²) in [6.07, 6.45) is 3.06. The summed E-state index contributed by atoms with van der Waals surface area (Å²) in [4.78, 5) is 22.8. The van der Waals surface area contributed by atoms with Gasteiger partial charge in [-0.05, 0) is 25.7 Å². The average molecular weight is 259 g/mol. The Balaban J connectivity index is 2.18. The number of carbonyl (C=O) groups is 2. The van der Waals surface area contributed by atoms with E-state index in [9.17, 15) is 9.59 Å². The fourth-order valence-corrected chi connectivity index (χ4v) is 2.14. The maximum atomic E-state index is 11.4. The lowest BCUT2D eigenvalue weighted by Gasteiger charge is -2.27. The smallest absolute Gasteiger partial charge is 0.308 e. The first-order valence-corrected chi connectivity index (χ1v) is 6.23. The Morgan fingerprint density at radius 1 is 1.28 bits per heavy atom. The summed E-state index contributed by atoms with van der Waals surface area (Å²) >= 11 is 0. The molecule has 2 N–H and O–H groups in total. The van der Waals surface area contributed by atoms with Crippen LogP contribution in [0.15, 0.2) is 0 Å². The molecule has 18 heavy (non-hydrogen) atoms. The van der Waals surface area contributed by atoms with Crippen LogP contribution in [0.2, 0.25) is 0 Å². The van der Waals surface area contributed by atoms with Crippen LogP contribution in [0.3, 0.4) is 0 Å². The Morgan fingerprint density at radius 3 is 2.50 bits per heavy atom. The lowest BCUT2D eigenvalue weighted by molar-refractivity contribution is -0.146. The van der Waals surface area contributed by atoms with Gasteiger partial charge in [0.1, 0.15) is 6.61 Å². The molecule has 0 radical (unpaired) electrons. The second kappa shape index (κ2) is 8.05. The minimum atomic E-state index is -0.176. The van der Waals surface area contributed by atoms with E-state index in [4.69, 9.17) is 14.6 Å². The standard InChI is InChI=1S/C12H21NO5/c1-17-12(16)9-2-4-10(5-3-9)13-11(15)8-18-7-6-14/h9-10,14H,2-8H2,1H3,(H,13,15). The molecule has 6 nitrogen and oxygen atoms in total.